The molecule has 1 aromatic carbocycles. The Bertz CT molecular complexity index is 273. The van der Waals surface area contributed by atoms with Crippen LogP contribution >= 0.6 is 24.0 Å². The lowest BCUT2D eigenvalue weighted by Crippen LogP contribution is -2.41. The third-order valence-corrected chi connectivity index (χ3v) is 2.31. The minimum Gasteiger partial charge on any atom is -0.383 e. The van der Waals surface area contributed by atoms with Crippen molar-refractivity contribution >= 4 is 24.0 Å². The molecule has 0 heterocycles. The number of hydrogen-bond acceptors (Lipinski definition) is 3. The Hall–Kier alpha value is -0.320. The van der Waals surface area contributed by atoms with Crippen molar-refractivity contribution < 1.29 is 5.11 Å². The lowest BCUT2D eigenvalue weighted by molar-refractivity contribution is 0.0554. The van der Waals surface area contributed by atoms with Gasteiger partial charge in [-0.2, -0.15) is 0 Å². The van der Waals surface area contributed by atoms with Crippen molar-refractivity contribution in [3.63, 3.8) is 0 Å². The fourth-order valence-electron chi connectivity index (χ4n) is 1.08. The Morgan fingerprint density at radius 1 is 1.14 bits per heavy atom. The first-order valence-corrected chi connectivity index (χ1v) is 4.39. The number of hydrogen-bond donors (Lipinski definition) is 3. The average Bonchev–Trinajstić information content (AvgIpc) is 2.18. The molecule has 0 aromatic heterocycles. The molecule has 1 aromatic rings. The Morgan fingerprint density at radius 2 is 1.57 bits per heavy atom. The molecule has 0 aliphatic carbocycles. The molecular weight excluding hydrogens is 223 g/mol. The predicted octanol–water partition coefficient (Wildman–Crippen LogP) is 0.867. The molecule has 0 radical (unpaired) electrons. The Kier molecular flexibility index (Phi) is 5.41. The largest absolute Gasteiger partial charge is 0.383 e. The molecule has 5 N–H and O–H groups in total. The summed E-state index contributed by atoms with van der Waals surface area (Å²) < 4.78 is 0. The van der Waals surface area contributed by atoms with Crippen molar-refractivity contribution in [2.45, 2.75) is 5.60 Å². The van der Waals surface area contributed by atoms with E-state index < -0.39 is 5.60 Å². The third-order valence-electron chi connectivity index (χ3n) is 2.06. The number of rotatable bonds is 3. The summed E-state index contributed by atoms with van der Waals surface area (Å²) in [6, 6.07) is 6.85. The van der Waals surface area contributed by atoms with Crippen LogP contribution in [0.15, 0.2) is 24.3 Å². The molecule has 0 aliphatic heterocycles. The standard InChI is InChI=1S/C9H13ClN2O.ClH/c10-8-3-1-7(2-4-8)9(13,5-11)6-12;/h1-4,13H,5-6,11-12H2;1H. The van der Waals surface area contributed by atoms with Gasteiger partial charge in [0.2, 0.25) is 0 Å². The molecule has 0 saturated heterocycles. The van der Waals surface area contributed by atoms with Gasteiger partial charge in [-0.05, 0) is 17.7 Å². The summed E-state index contributed by atoms with van der Waals surface area (Å²) in [6.45, 7) is 0.205. The van der Waals surface area contributed by atoms with Crippen molar-refractivity contribution in [1.29, 1.82) is 0 Å². The zero-order valence-corrected chi connectivity index (χ0v) is 9.18. The van der Waals surface area contributed by atoms with Crippen LogP contribution in [0.5, 0.6) is 0 Å². The second-order valence-electron chi connectivity index (χ2n) is 2.95. The van der Waals surface area contributed by atoms with Gasteiger partial charge in [0.1, 0.15) is 5.60 Å². The topological polar surface area (TPSA) is 72.3 Å². The van der Waals surface area contributed by atoms with Crippen LogP contribution < -0.4 is 11.5 Å². The average molecular weight is 237 g/mol. The summed E-state index contributed by atoms with van der Waals surface area (Å²) >= 11 is 5.70. The van der Waals surface area contributed by atoms with E-state index in [9.17, 15) is 5.11 Å². The van der Waals surface area contributed by atoms with E-state index in [0.29, 0.717) is 10.6 Å². The second-order valence-corrected chi connectivity index (χ2v) is 3.38. The molecule has 0 unspecified atom stereocenters. The van der Waals surface area contributed by atoms with Crippen molar-refractivity contribution in [2.75, 3.05) is 13.1 Å². The number of halogens is 2. The Labute approximate surface area is 94.5 Å². The maximum absolute atomic E-state index is 9.90. The van der Waals surface area contributed by atoms with Crippen molar-refractivity contribution in [1.82, 2.24) is 0 Å². The Balaban J connectivity index is 0.00000169. The third kappa shape index (κ3) is 2.83. The first kappa shape index (κ1) is 13.7. The maximum Gasteiger partial charge on any atom is 0.114 e. The molecule has 0 atom stereocenters. The summed E-state index contributed by atoms with van der Waals surface area (Å²) in [4.78, 5) is 0. The van der Waals surface area contributed by atoms with E-state index in [-0.39, 0.29) is 25.5 Å². The number of benzene rings is 1. The molecule has 0 spiro atoms. The van der Waals surface area contributed by atoms with Gasteiger partial charge >= 0.3 is 0 Å². The summed E-state index contributed by atoms with van der Waals surface area (Å²) in [5, 5.41) is 10.5. The molecule has 5 heteroatoms. The quantitative estimate of drug-likeness (QED) is 0.730. The van der Waals surface area contributed by atoms with Gasteiger partial charge in [-0.25, -0.2) is 0 Å². The van der Waals surface area contributed by atoms with E-state index in [1.807, 2.05) is 0 Å². The lowest BCUT2D eigenvalue weighted by atomic mass is 9.94. The SMILES string of the molecule is Cl.NCC(O)(CN)c1ccc(Cl)cc1. The van der Waals surface area contributed by atoms with Crippen LogP contribution in [0.3, 0.4) is 0 Å². The highest BCUT2D eigenvalue weighted by Crippen LogP contribution is 2.20. The summed E-state index contributed by atoms with van der Waals surface area (Å²) in [5.74, 6) is 0. The Morgan fingerprint density at radius 3 is 1.93 bits per heavy atom. The summed E-state index contributed by atoms with van der Waals surface area (Å²) in [6.07, 6.45) is 0. The maximum atomic E-state index is 9.90. The van der Waals surface area contributed by atoms with Crippen LogP contribution in [-0.4, -0.2) is 18.2 Å². The van der Waals surface area contributed by atoms with E-state index in [0.717, 1.165) is 0 Å². The molecule has 0 aliphatic rings. The van der Waals surface area contributed by atoms with E-state index in [2.05, 4.69) is 0 Å². The summed E-state index contributed by atoms with van der Waals surface area (Å²) in [5.41, 5.74) is 10.4. The number of aliphatic hydroxyl groups is 1. The van der Waals surface area contributed by atoms with Crippen LogP contribution in [0.1, 0.15) is 5.56 Å². The van der Waals surface area contributed by atoms with Gasteiger partial charge in [-0.15, -0.1) is 12.4 Å². The van der Waals surface area contributed by atoms with Crippen LogP contribution in [0.25, 0.3) is 0 Å². The molecule has 0 fully saturated rings. The van der Waals surface area contributed by atoms with Gasteiger partial charge in [-0.3, -0.25) is 0 Å². The first-order chi connectivity index (χ1) is 6.12. The van der Waals surface area contributed by atoms with Crippen LogP contribution in [0.2, 0.25) is 5.02 Å². The first-order valence-electron chi connectivity index (χ1n) is 4.01. The minimum absolute atomic E-state index is 0. The zero-order chi connectivity index (χ0) is 9.90. The molecular formula is C9H14Cl2N2O. The monoisotopic (exact) mass is 236 g/mol. The van der Waals surface area contributed by atoms with Gasteiger partial charge in [0.15, 0.2) is 0 Å². The molecule has 3 nitrogen and oxygen atoms in total. The minimum atomic E-state index is -1.13. The van der Waals surface area contributed by atoms with Crippen molar-refractivity contribution in [3.05, 3.63) is 34.9 Å². The fraction of sp³-hybridized carbons (Fsp3) is 0.333. The van der Waals surface area contributed by atoms with Gasteiger partial charge in [0.25, 0.3) is 0 Å². The van der Waals surface area contributed by atoms with E-state index in [1.165, 1.54) is 0 Å². The fourth-order valence-corrected chi connectivity index (χ4v) is 1.21. The van der Waals surface area contributed by atoms with Crippen molar-refractivity contribution in [3.8, 4) is 0 Å². The van der Waals surface area contributed by atoms with Gasteiger partial charge in [0.05, 0.1) is 0 Å². The van der Waals surface area contributed by atoms with Crippen LogP contribution in [0.4, 0.5) is 0 Å². The highest BCUT2D eigenvalue weighted by molar-refractivity contribution is 6.30. The normalized spacial score (nSPS) is 10.9. The van der Waals surface area contributed by atoms with Gasteiger partial charge in [-0.1, -0.05) is 23.7 Å². The molecule has 0 bridgehead atoms. The zero-order valence-electron chi connectivity index (χ0n) is 7.61. The van der Waals surface area contributed by atoms with Gasteiger partial charge < -0.3 is 16.6 Å². The highest BCUT2D eigenvalue weighted by atomic mass is 35.5. The predicted molar refractivity (Wildman–Crippen MR) is 60.7 cm³/mol. The molecule has 1 rings (SSSR count). The molecule has 0 amide bonds. The smallest absolute Gasteiger partial charge is 0.114 e. The highest BCUT2D eigenvalue weighted by Gasteiger charge is 2.25. The molecule has 14 heavy (non-hydrogen) atoms. The van der Waals surface area contributed by atoms with E-state index in [4.69, 9.17) is 23.1 Å². The molecule has 0 saturated carbocycles. The summed E-state index contributed by atoms with van der Waals surface area (Å²) in [7, 11) is 0. The van der Waals surface area contributed by atoms with E-state index >= 15 is 0 Å². The van der Waals surface area contributed by atoms with Crippen LogP contribution in [-0.2, 0) is 5.60 Å². The van der Waals surface area contributed by atoms with E-state index in [1.54, 1.807) is 24.3 Å². The molecule has 80 valence electrons. The number of nitrogens with two attached hydrogens (primary N) is 2. The van der Waals surface area contributed by atoms with Crippen LogP contribution in [0, 0.1) is 0 Å². The van der Waals surface area contributed by atoms with Gasteiger partial charge in [0, 0.05) is 18.1 Å². The van der Waals surface area contributed by atoms with Crippen molar-refractivity contribution in [2.24, 2.45) is 11.5 Å². The lowest BCUT2D eigenvalue weighted by Gasteiger charge is -2.24. The second kappa shape index (κ2) is 5.53.